The largest absolute Gasteiger partial charge is 0.0992 e. The van der Waals surface area contributed by atoms with Crippen LogP contribution in [0.3, 0.4) is 0 Å². The van der Waals surface area contributed by atoms with E-state index in [9.17, 15) is 0 Å². The summed E-state index contributed by atoms with van der Waals surface area (Å²) in [5, 5.41) is 0. The molecule has 0 N–H and O–H groups in total. The summed E-state index contributed by atoms with van der Waals surface area (Å²) in [5.74, 6) is 1.75. The summed E-state index contributed by atoms with van der Waals surface area (Å²) in [5.41, 5.74) is 12.3. The number of allylic oxidation sites excluding steroid dienone is 7. The van der Waals surface area contributed by atoms with Gasteiger partial charge in [0.1, 0.15) is 0 Å². The molecule has 2 aliphatic rings. The van der Waals surface area contributed by atoms with E-state index < -0.39 is 0 Å². The predicted octanol–water partition coefficient (Wildman–Crippen LogP) is 10.7. The second-order valence-corrected chi connectivity index (χ2v) is 12.1. The van der Waals surface area contributed by atoms with Crippen LogP contribution in [0.5, 0.6) is 0 Å². The van der Waals surface area contributed by atoms with Gasteiger partial charge in [0.15, 0.2) is 0 Å². The molecule has 4 aromatic carbocycles. The molecule has 41 heavy (non-hydrogen) atoms. The van der Waals surface area contributed by atoms with Gasteiger partial charge in [-0.25, -0.2) is 0 Å². The highest BCUT2D eigenvalue weighted by atomic mass is 14.4. The third-order valence-corrected chi connectivity index (χ3v) is 9.01. The van der Waals surface area contributed by atoms with Crippen LogP contribution in [0, 0.1) is 11.8 Å². The van der Waals surface area contributed by atoms with Gasteiger partial charge in [0.2, 0.25) is 0 Å². The van der Waals surface area contributed by atoms with Gasteiger partial charge in [-0.15, -0.1) is 0 Å². The number of rotatable bonds is 7. The SMILES string of the molecule is C=C1Cc2ccc(C(C)C)cc2C(c2ccccc2)C1C(C)C=CC1=CC(c2ccccc2)C=C1c1ccccc1. The Balaban J connectivity index is 1.37. The maximum Gasteiger partial charge on any atom is 0.0216 e. The van der Waals surface area contributed by atoms with E-state index >= 15 is 0 Å². The van der Waals surface area contributed by atoms with Crippen molar-refractivity contribution in [3.05, 3.63) is 185 Å². The minimum Gasteiger partial charge on any atom is -0.0992 e. The molecule has 0 fully saturated rings. The average Bonchev–Trinajstić information content (AvgIpc) is 3.44. The maximum absolute atomic E-state index is 4.68. The Labute approximate surface area is 246 Å². The molecule has 0 aromatic heterocycles. The van der Waals surface area contributed by atoms with Crippen molar-refractivity contribution in [3.8, 4) is 0 Å². The quantitative estimate of drug-likeness (QED) is 0.208. The van der Waals surface area contributed by atoms with E-state index in [1.165, 1.54) is 50.1 Å². The Hall–Kier alpha value is -4.16. The molecule has 4 unspecified atom stereocenters. The van der Waals surface area contributed by atoms with Crippen LogP contribution < -0.4 is 0 Å². The fraction of sp³-hybridized carbons (Fsp3) is 0.220. The molecule has 0 bridgehead atoms. The fourth-order valence-corrected chi connectivity index (χ4v) is 6.81. The lowest BCUT2D eigenvalue weighted by molar-refractivity contribution is 0.414. The molecule has 204 valence electrons. The van der Waals surface area contributed by atoms with E-state index in [1.807, 2.05) is 0 Å². The van der Waals surface area contributed by atoms with Crippen molar-refractivity contribution in [3.63, 3.8) is 0 Å². The van der Waals surface area contributed by atoms with Gasteiger partial charge in [0.25, 0.3) is 0 Å². The van der Waals surface area contributed by atoms with Crippen LogP contribution >= 0.6 is 0 Å². The van der Waals surface area contributed by atoms with Crippen molar-refractivity contribution in [1.29, 1.82) is 0 Å². The van der Waals surface area contributed by atoms with Crippen molar-refractivity contribution < 1.29 is 0 Å². The van der Waals surface area contributed by atoms with E-state index in [4.69, 9.17) is 0 Å². The van der Waals surface area contributed by atoms with Crippen molar-refractivity contribution in [1.82, 2.24) is 0 Å². The molecule has 0 saturated carbocycles. The lowest BCUT2D eigenvalue weighted by Crippen LogP contribution is -2.28. The number of fused-ring (bicyclic) bond motifs is 1. The summed E-state index contributed by atoms with van der Waals surface area (Å²) in [7, 11) is 0. The van der Waals surface area contributed by atoms with Gasteiger partial charge < -0.3 is 0 Å². The molecule has 0 heteroatoms. The summed E-state index contributed by atoms with van der Waals surface area (Å²) >= 11 is 0. The van der Waals surface area contributed by atoms with Crippen LogP contribution in [0.25, 0.3) is 5.57 Å². The first kappa shape index (κ1) is 27.0. The normalized spacial score (nSPS) is 21.1. The molecule has 0 aliphatic heterocycles. The molecular formula is C41H40. The van der Waals surface area contributed by atoms with E-state index in [0.29, 0.717) is 23.7 Å². The molecule has 0 spiro atoms. The van der Waals surface area contributed by atoms with Crippen molar-refractivity contribution in [2.24, 2.45) is 11.8 Å². The van der Waals surface area contributed by atoms with E-state index in [-0.39, 0.29) is 5.92 Å². The minimum absolute atomic E-state index is 0.282. The average molecular weight is 533 g/mol. The highest BCUT2D eigenvalue weighted by Gasteiger charge is 2.36. The summed E-state index contributed by atoms with van der Waals surface area (Å²) in [6.07, 6.45) is 10.6. The van der Waals surface area contributed by atoms with Crippen LogP contribution in [-0.4, -0.2) is 0 Å². The Morgan fingerprint density at radius 2 is 1.37 bits per heavy atom. The molecule has 0 saturated heterocycles. The Kier molecular flexibility index (Phi) is 7.75. The molecule has 4 aromatic rings. The first-order chi connectivity index (χ1) is 20.0. The fourth-order valence-electron chi connectivity index (χ4n) is 6.81. The zero-order valence-corrected chi connectivity index (χ0v) is 24.5. The van der Waals surface area contributed by atoms with Gasteiger partial charge in [-0.1, -0.05) is 166 Å². The van der Waals surface area contributed by atoms with E-state index in [2.05, 4.69) is 161 Å². The Bertz CT molecular complexity index is 1600. The second kappa shape index (κ2) is 11.8. The molecule has 4 atom stereocenters. The molecular weight excluding hydrogens is 492 g/mol. The smallest absolute Gasteiger partial charge is 0.0216 e. The topological polar surface area (TPSA) is 0 Å². The van der Waals surface area contributed by atoms with Gasteiger partial charge in [0.05, 0.1) is 0 Å². The molecule has 0 amide bonds. The van der Waals surface area contributed by atoms with E-state index in [1.54, 1.807) is 0 Å². The van der Waals surface area contributed by atoms with Crippen LogP contribution in [-0.2, 0) is 6.42 Å². The summed E-state index contributed by atoms with van der Waals surface area (Å²) < 4.78 is 0. The molecule has 0 radical (unpaired) electrons. The van der Waals surface area contributed by atoms with Crippen molar-refractivity contribution in [2.75, 3.05) is 0 Å². The summed E-state index contributed by atoms with van der Waals surface area (Å²) in [6.45, 7) is 11.7. The van der Waals surface area contributed by atoms with Gasteiger partial charge in [0, 0.05) is 11.8 Å². The Morgan fingerprint density at radius 3 is 2.02 bits per heavy atom. The van der Waals surface area contributed by atoms with Crippen LogP contribution in [0.15, 0.2) is 151 Å². The van der Waals surface area contributed by atoms with Gasteiger partial charge >= 0.3 is 0 Å². The van der Waals surface area contributed by atoms with Gasteiger partial charge in [-0.3, -0.25) is 0 Å². The highest BCUT2D eigenvalue weighted by molar-refractivity contribution is 5.85. The molecule has 0 nitrogen and oxygen atoms in total. The lowest BCUT2D eigenvalue weighted by Gasteiger charge is -2.39. The van der Waals surface area contributed by atoms with E-state index in [0.717, 1.165) is 6.42 Å². The monoisotopic (exact) mass is 532 g/mol. The highest BCUT2D eigenvalue weighted by Crippen LogP contribution is 2.48. The number of benzene rings is 4. The maximum atomic E-state index is 4.68. The lowest BCUT2D eigenvalue weighted by atomic mass is 9.65. The standard InChI is InChI=1S/C41H40/c1-28(2)34-22-23-35-24-30(4)40(41(39(35)26-34)33-18-12-7-13-19-33)29(3)20-21-36-25-37(31-14-8-5-9-15-31)27-38(36)32-16-10-6-11-17-32/h5-23,25-29,37,40-41H,4,24H2,1-3H3. The van der Waals surface area contributed by atoms with Gasteiger partial charge in [-0.05, 0) is 68.7 Å². The Morgan fingerprint density at radius 1 is 0.732 bits per heavy atom. The van der Waals surface area contributed by atoms with Crippen molar-refractivity contribution >= 4 is 5.57 Å². The number of hydrogen-bond donors (Lipinski definition) is 0. The first-order valence-electron chi connectivity index (χ1n) is 15.1. The minimum atomic E-state index is 0.282. The first-order valence-corrected chi connectivity index (χ1v) is 15.1. The third kappa shape index (κ3) is 5.57. The molecule has 6 rings (SSSR count). The van der Waals surface area contributed by atoms with Gasteiger partial charge in [-0.2, -0.15) is 0 Å². The summed E-state index contributed by atoms with van der Waals surface area (Å²) in [6, 6.07) is 39.9. The molecule has 2 aliphatic carbocycles. The van der Waals surface area contributed by atoms with Crippen LogP contribution in [0.1, 0.15) is 71.9 Å². The number of hydrogen-bond acceptors (Lipinski definition) is 0. The summed E-state index contributed by atoms with van der Waals surface area (Å²) in [4.78, 5) is 0. The predicted molar refractivity (Wildman–Crippen MR) is 175 cm³/mol. The van der Waals surface area contributed by atoms with Crippen LogP contribution in [0.4, 0.5) is 0 Å². The van der Waals surface area contributed by atoms with Crippen molar-refractivity contribution in [2.45, 2.75) is 44.9 Å². The van der Waals surface area contributed by atoms with Crippen LogP contribution in [0.2, 0.25) is 0 Å². The second-order valence-electron chi connectivity index (χ2n) is 12.1. The molecule has 0 heterocycles. The zero-order chi connectivity index (χ0) is 28.3. The zero-order valence-electron chi connectivity index (χ0n) is 24.5. The third-order valence-electron chi connectivity index (χ3n) is 9.01.